The second-order valence-corrected chi connectivity index (χ2v) is 2.11. The van der Waals surface area contributed by atoms with E-state index < -0.39 is 5.82 Å². The molecule has 0 spiro atoms. The van der Waals surface area contributed by atoms with Gasteiger partial charge in [-0.1, -0.05) is 0 Å². The van der Waals surface area contributed by atoms with E-state index in [1.165, 1.54) is 12.1 Å². The standard InChI is InChI=1S/C7H8FNO2/c8-7-2-1-6(10)3-5(7)4-9-11/h1-3,9-11H,4H2. The van der Waals surface area contributed by atoms with E-state index in [1.807, 2.05) is 0 Å². The van der Waals surface area contributed by atoms with Crippen molar-refractivity contribution in [3.63, 3.8) is 0 Å². The van der Waals surface area contributed by atoms with Crippen molar-refractivity contribution >= 4 is 0 Å². The summed E-state index contributed by atoms with van der Waals surface area (Å²) < 4.78 is 12.7. The highest BCUT2D eigenvalue weighted by molar-refractivity contribution is 5.28. The Labute approximate surface area is 63.1 Å². The van der Waals surface area contributed by atoms with E-state index in [0.717, 1.165) is 6.07 Å². The molecular formula is C7H8FNO2. The third-order valence-electron chi connectivity index (χ3n) is 1.30. The van der Waals surface area contributed by atoms with Gasteiger partial charge in [0.05, 0.1) is 0 Å². The zero-order valence-corrected chi connectivity index (χ0v) is 5.71. The van der Waals surface area contributed by atoms with E-state index in [9.17, 15) is 4.39 Å². The molecule has 0 bridgehead atoms. The lowest BCUT2D eigenvalue weighted by atomic mass is 10.2. The predicted octanol–water partition coefficient (Wildman–Crippen LogP) is 1.01. The topological polar surface area (TPSA) is 52.5 Å². The lowest BCUT2D eigenvalue weighted by molar-refractivity contribution is 0.160. The normalized spacial score (nSPS) is 10.0. The third kappa shape index (κ3) is 1.89. The van der Waals surface area contributed by atoms with Gasteiger partial charge in [-0.25, -0.2) is 9.87 Å². The van der Waals surface area contributed by atoms with Gasteiger partial charge in [0.15, 0.2) is 0 Å². The molecule has 3 N–H and O–H groups in total. The molecule has 3 nitrogen and oxygen atoms in total. The molecule has 1 aromatic carbocycles. The molecule has 0 unspecified atom stereocenters. The van der Waals surface area contributed by atoms with E-state index in [-0.39, 0.29) is 17.9 Å². The van der Waals surface area contributed by atoms with Crippen LogP contribution in [0.5, 0.6) is 5.75 Å². The summed E-state index contributed by atoms with van der Waals surface area (Å²) in [6.07, 6.45) is 0. The van der Waals surface area contributed by atoms with Crippen molar-refractivity contribution in [1.82, 2.24) is 5.48 Å². The summed E-state index contributed by atoms with van der Waals surface area (Å²) >= 11 is 0. The Morgan fingerprint density at radius 3 is 2.82 bits per heavy atom. The highest BCUT2D eigenvalue weighted by atomic mass is 19.1. The van der Waals surface area contributed by atoms with Crippen molar-refractivity contribution in [1.29, 1.82) is 0 Å². The number of aromatic hydroxyl groups is 1. The van der Waals surface area contributed by atoms with Gasteiger partial charge in [0.25, 0.3) is 0 Å². The van der Waals surface area contributed by atoms with Crippen molar-refractivity contribution < 1.29 is 14.7 Å². The molecule has 0 fully saturated rings. The Hall–Kier alpha value is -1.13. The van der Waals surface area contributed by atoms with Crippen LogP contribution in [0.2, 0.25) is 0 Å². The predicted molar refractivity (Wildman–Crippen MR) is 36.7 cm³/mol. The lowest BCUT2D eigenvalue weighted by Gasteiger charge is -2.00. The summed E-state index contributed by atoms with van der Waals surface area (Å²) in [5.41, 5.74) is 2.03. The number of hydrogen-bond acceptors (Lipinski definition) is 3. The van der Waals surface area contributed by atoms with Gasteiger partial charge in [-0.05, 0) is 18.2 Å². The number of rotatable bonds is 2. The van der Waals surface area contributed by atoms with Gasteiger partial charge >= 0.3 is 0 Å². The largest absolute Gasteiger partial charge is 0.508 e. The van der Waals surface area contributed by atoms with Crippen LogP contribution in [0.3, 0.4) is 0 Å². The van der Waals surface area contributed by atoms with Crippen LogP contribution in [0, 0.1) is 5.82 Å². The van der Waals surface area contributed by atoms with Gasteiger partial charge < -0.3 is 10.3 Å². The van der Waals surface area contributed by atoms with Gasteiger partial charge in [0.2, 0.25) is 0 Å². The lowest BCUT2D eigenvalue weighted by Crippen LogP contribution is -2.07. The first-order chi connectivity index (χ1) is 5.24. The highest BCUT2D eigenvalue weighted by Crippen LogP contribution is 2.14. The number of halogens is 1. The van der Waals surface area contributed by atoms with Gasteiger partial charge in [-0.3, -0.25) is 0 Å². The van der Waals surface area contributed by atoms with Crippen LogP contribution in [0.1, 0.15) is 5.56 Å². The second-order valence-electron chi connectivity index (χ2n) is 2.11. The summed E-state index contributed by atoms with van der Waals surface area (Å²) in [4.78, 5) is 0. The van der Waals surface area contributed by atoms with Crippen LogP contribution in [0.15, 0.2) is 18.2 Å². The Morgan fingerprint density at radius 1 is 1.45 bits per heavy atom. The maximum Gasteiger partial charge on any atom is 0.128 e. The molecule has 4 heteroatoms. The molecule has 1 aromatic rings. The molecule has 0 heterocycles. The summed E-state index contributed by atoms with van der Waals surface area (Å²) in [5, 5.41) is 17.1. The van der Waals surface area contributed by atoms with Gasteiger partial charge in [0.1, 0.15) is 11.6 Å². The Bertz CT molecular complexity index is 252. The van der Waals surface area contributed by atoms with E-state index >= 15 is 0 Å². The first-order valence-corrected chi connectivity index (χ1v) is 3.08. The first-order valence-electron chi connectivity index (χ1n) is 3.08. The minimum absolute atomic E-state index is 0.0137. The number of nitrogens with one attached hydrogen (secondary N) is 1. The van der Waals surface area contributed by atoms with E-state index in [4.69, 9.17) is 10.3 Å². The Balaban J connectivity index is 2.93. The highest BCUT2D eigenvalue weighted by Gasteiger charge is 2.01. The Kier molecular flexibility index (Phi) is 2.40. The Morgan fingerprint density at radius 2 is 2.18 bits per heavy atom. The van der Waals surface area contributed by atoms with Crippen molar-refractivity contribution in [2.45, 2.75) is 6.54 Å². The molecule has 0 atom stereocenters. The number of benzene rings is 1. The van der Waals surface area contributed by atoms with Gasteiger partial charge in [-0.2, -0.15) is 0 Å². The zero-order valence-electron chi connectivity index (χ0n) is 5.71. The summed E-state index contributed by atoms with van der Waals surface area (Å²) in [5.74, 6) is -0.471. The monoisotopic (exact) mass is 157 g/mol. The fourth-order valence-corrected chi connectivity index (χ4v) is 0.782. The van der Waals surface area contributed by atoms with Crippen LogP contribution >= 0.6 is 0 Å². The third-order valence-corrected chi connectivity index (χ3v) is 1.30. The molecule has 0 saturated heterocycles. The van der Waals surface area contributed by atoms with Crippen molar-refractivity contribution in [3.8, 4) is 5.75 Å². The SMILES string of the molecule is ONCc1cc(O)ccc1F. The first kappa shape index (κ1) is 7.97. The fraction of sp³-hybridized carbons (Fsp3) is 0.143. The van der Waals surface area contributed by atoms with Crippen LogP contribution < -0.4 is 5.48 Å². The average molecular weight is 157 g/mol. The van der Waals surface area contributed by atoms with Crippen molar-refractivity contribution in [2.24, 2.45) is 0 Å². The molecule has 11 heavy (non-hydrogen) atoms. The van der Waals surface area contributed by atoms with Crippen molar-refractivity contribution in [3.05, 3.63) is 29.6 Å². The van der Waals surface area contributed by atoms with Crippen LogP contribution in [-0.4, -0.2) is 10.3 Å². The second kappa shape index (κ2) is 3.32. The quantitative estimate of drug-likeness (QED) is 0.561. The maximum atomic E-state index is 12.7. The average Bonchev–Trinajstić information content (AvgIpc) is 1.98. The molecule has 0 amide bonds. The number of hydrogen-bond donors (Lipinski definition) is 3. The number of phenolic OH excluding ortho intramolecular Hbond substituents is 1. The fourth-order valence-electron chi connectivity index (χ4n) is 0.782. The van der Waals surface area contributed by atoms with Crippen LogP contribution in [0.4, 0.5) is 4.39 Å². The molecule has 0 saturated carbocycles. The van der Waals surface area contributed by atoms with E-state index in [0.29, 0.717) is 0 Å². The number of hydroxylamine groups is 1. The minimum Gasteiger partial charge on any atom is -0.508 e. The zero-order chi connectivity index (χ0) is 8.27. The van der Waals surface area contributed by atoms with E-state index in [2.05, 4.69) is 0 Å². The van der Waals surface area contributed by atoms with Crippen LogP contribution in [-0.2, 0) is 6.54 Å². The van der Waals surface area contributed by atoms with Gasteiger partial charge in [-0.15, -0.1) is 0 Å². The summed E-state index contributed by atoms with van der Waals surface area (Å²) in [7, 11) is 0. The summed E-state index contributed by atoms with van der Waals surface area (Å²) in [6.45, 7) is -0.0137. The van der Waals surface area contributed by atoms with E-state index in [1.54, 1.807) is 5.48 Å². The molecule has 60 valence electrons. The molecule has 0 aliphatic rings. The minimum atomic E-state index is -0.454. The molecule has 0 aliphatic carbocycles. The molecule has 1 rings (SSSR count). The molecule has 0 aromatic heterocycles. The van der Waals surface area contributed by atoms with Crippen molar-refractivity contribution in [2.75, 3.05) is 0 Å². The van der Waals surface area contributed by atoms with Gasteiger partial charge in [0, 0.05) is 12.1 Å². The molecule has 0 aliphatic heterocycles. The molecule has 0 radical (unpaired) electrons. The van der Waals surface area contributed by atoms with Crippen LogP contribution in [0.25, 0.3) is 0 Å². The summed E-state index contributed by atoms with van der Waals surface area (Å²) in [6, 6.07) is 3.64. The number of phenols is 1. The molecular weight excluding hydrogens is 149 g/mol. The smallest absolute Gasteiger partial charge is 0.128 e. The maximum absolute atomic E-state index is 12.7.